The van der Waals surface area contributed by atoms with Crippen LogP contribution in [0.3, 0.4) is 0 Å². The van der Waals surface area contributed by atoms with Crippen LogP contribution in [0.15, 0.2) is 0 Å². The first-order chi connectivity index (χ1) is 7.12. The Morgan fingerprint density at radius 1 is 1.38 bits per heavy atom. The van der Waals surface area contributed by atoms with Gasteiger partial charge in [-0.25, -0.2) is 0 Å². The van der Waals surface area contributed by atoms with Crippen LogP contribution in [-0.2, 0) is 4.79 Å². The minimum absolute atomic E-state index is 0. The molecule has 94 valence electrons. The van der Waals surface area contributed by atoms with E-state index in [1.807, 2.05) is 0 Å². The number of halogens is 1. The predicted molar refractivity (Wildman–Crippen MR) is 67.9 cm³/mol. The van der Waals surface area contributed by atoms with E-state index in [1.165, 1.54) is 12.8 Å². The zero-order valence-electron chi connectivity index (χ0n) is 10.3. The largest absolute Gasteiger partial charge is 0.339 e. The molecule has 16 heavy (non-hydrogen) atoms. The molecule has 1 aliphatic heterocycles. The minimum Gasteiger partial charge on any atom is -0.339 e. The third-order valence-corrected chi connectivity index (χ3v) is 3.88. The Labute approximate surface area is 104 Å². The molecule has 0 aromatic heterocycles. The number of carbonyl (C=O) groups is 1. The summed E-state index contributed by atoms with van der Waals surface area (Å²) in [6, 6.07) is 0.452. The zero-order valence-corrected chi connectivity index (χ0v) is 11.1. The van der Waals surface area contributed by atoms with Crippen molar-refractivity contribution in [3.8, 4) is 0 Å². The number of carbonyl (C=O) groups excluding carboxylic acids is 1. The van der Waals surface area contributed by atoms with Crippen molar-refractivity contribution in [2.75, 3.05) is 19.6 Å². The minimum atomic E-state index is -0.0446. The fraction of sp³-hybridized carbons (Fsp3) is 0.917. The molecule has 1 saturated carbocycles. The molecule has 0 bridgehead atoms. The Morgan fingerprint density at radius 2 is 2.00 bits per heavy atom. The van der Waals surface area contributed by atoms with Gasteiger partial charge in [0.25, 0.3) is 0 Å². The third kappa shape index (κ3) is 2.69. The average Bonchev–Trinajstić information content (AvgIpc) is 2.65. The van der Waals surface area contributed by atoms with Crippen LogP contribution in [0.4, 0.5) is 0 Å². The van der Waals surface area contributed by atoms with Crippen LogP contribution in [0.25, 0.3) is 0 Å². The van der Waals surface area contributed by atoms with E-state index in [-0.39, 0.29) is 17.8 Å². The van der Waals surface area contributed by atoms with Gasteiger partial charge in [-0.2, -0.15) is 0 Å². The number of nitrogens with zero attached hydrogens (tertiary/aromatic N) is 1. The van der Waals surface area contributed by atoms with Crippen molar-refractivity contribution in [1.82, 2.24) is 10.2 Å². The summed E-state index contributed by atoms with van der Waals surface area (Å²) >= 11 is 0. The molecule has 1 amide bonds. The van der Waals surface area contributed by atoms with Gasteiger partial charge >= 0.3 is 0 Å². The molecule has 1 atom stereocenters. The summed E-state index contributed by atoms with van der Waals surface area (Å²) in [4.78, 5) is 14.4. The molecule has 1 N–H and O–H groups in total. The van der Waals surface area contributed by atoms with Gasteiger partial charge in [0.1, 0.15) is 0 Å². The molecule has 2 aliphatic rings. The molecule has 3 nitrogen and oxygen atoms in total. The first-order valence-electron chi connectivity index (χ1n) is 6.15. The highest BCUT2D eigenvalue weighted by Crippen LogP contribution is 2.39. The first-order valence-corrected chi connectivity index (χ1v) is 6.15. The van der Waals surface area contributed by atoms with Crippen molar-refractivity contribution in [2.24, 2.45) is 5.41 Å². The van der Waals surface area contributed by atoms with E-state index in [1.54, 1.807) is 0 Å². The van der Waals surface area contributed by atoms with E-state index in [2.05, 4.69) is 24.1 Å². The second-order valence-electron chi connectivity index (χ2n) is 5.37. The maximum Gasteiger partial charge on any atom is 0.228 e. The maximum atomic E-state index is 12.4. The van der Waals surface area contributed by atoms with E-state index in [0.717, 1.165) is 32.5 Å². The SMILES string of the molecule is CC1CN(C(=O)C2(C)CCCC2)CCN1.Cl. The molecule has 1 aliphatic carbocycles. The Morgan fingerprint density at radius 3 is 2.56 bits per heavy atom. The molecular weight excluding hydrogens is 224 g/mol. The number of rotatable bonds is 1. The highest BCUT2D eigenvalue weighted by atomic mass is 35.5. The van der Waals surface area contributed by atoms with Crippen molar-refractivity contribution in [1.29, 1.82) is 0 Å². The molecule has 2 fully saturated rings. The number of amides is 1. The summed E-state index contributed by atoms with van der Waals surface area (Å²) in [5.74, 6) is 0.397. The summed E-state index contributed by atoms with van der Waals surface area (Å²) in [6.07, 6.45) is 4.63. The Hall–Kier alpha value is -0.280. The average molecular weight is 247 g/mol. The summed E-state index contributed by atoms with van der Waals surface area (Å²) in [5, 5.41) is 3.38. The number of piperazine rings is 1. The van der Waals surface area contributed by atoms with Crippen LogP contribution in [0, 0.1) is 5.41 Å². The summed E-state index contributed by atoms with van der Waals surface area (Å²) in [5.41, 5.74) is -0.0446. The van der Waals surface area contributed by atoms with Gasteiger partial charge in [0.05, 0.1) is 0 Å². The first kappa shape index (κ1) is 13.8. The van der Waals surface area contributed by atoms with Gasteiger partial charge in [0.15, 0.2) is 0 Å². The monoisotopic (exact) mass is 246 g/mol. The van der Waals surface area contributed by atoms with E-state index in [9.17, 15) is 4.79 Å². The fourth-order valence-electron chi connectivity index (χ4n) is 2.87. The lowest BCUT2D eigenvalue weighted by Gasteiger charge is -2.37. The Kier molecular flexibility index (Phi) is 4.62. The fourth-order valence-corrected chi connectivity index (χ4v) is 2.87. The van der Waals surface area contributed by atoms with Gasteiger partial charge in [-0.3, -0.25) is 4.79 Å². The molecule has 0 radical (unpaired) electrons. The van der Waals surface area contributed by atoms with Crippen LogP contribution in [0.2, 0.25) is 0 Å². The maximum absolute atomic E-state index is 12.4. The van der Waals surface area contributed by atoms with Gasteiger partial charge < -0.3 is 10.2 Å². The lowest BCUT2D eigenvalue weighted by molar-refractivity contribution is -0.142. The molecule has 1 heterocycles. The van der Waals surface area contributed by atoms with Gasteiger partial charge in [-0.05, 0) is 19.8 Å². The number of nitrogens with one attached hydrogen (secondary N) is 1. The van der Waals surface area contributed by atoms with E-state index < -0.39 is 0 Å². The molecular formula is C12H23ClN2O. The number of hydrogen-bond donors (Lipinski definition) is 1. The van der Waals surface area contributed by atoms with Crippen molar-refractivity contribution < 1.29 is 4.79 Å². The Balaban J connectivity index is 0.00000128. The predicted octanol–water partition coefficient (Wildman–Crippen LogP) is 1.81. The van der Waals surface area contributed by atoms with Crippen LogP contribution in [-0.4, -0.2) is 36.5 Å². The lowest BCUT2D eigenvalue weighted by Crippen LogP contribution is -2.54. The summed E-state index contributed by atoms with van der Waals surface area (Å²) in [6.45, 7) is 7.02. The van der Waals surface area contributed by atoms with Crippen molar-refractivity contribution >= 4 is 18.3 Å². The molecule has 0 aromatic rings. The third-order valence-electron chi connectivity index (χ3n) is 3.88. The van der Waals surface area contributed by atoms with E-state index in [0.29, 0.717) is 11.9 Å². The van der Waals surface area contributed by atoms with Crippen molar-refractivity contribution in [3.05, 3.63) is 0 Å². The number of hydrogen-bond acceptors (Lipinski definition) is 2. The van der Waals surface area contributed by atoms with E-state index in [4.69, 9.17) is 0 Å². The second kappa shape index (κ2) is 5.37. The van der Waals surface area contributed by atoms with Crippen molar-refractivity contribution in [2.45, 2.75) is 45.6 Å². The van der Waals surface area contributed by atoms with Crippen LogP contribution < -0.4 is 5.32 Å². The lowest BCUT2D eigenvalue weighted by atomic mass is 9.87. The van der Waals surface area contributed by atoms with Crippen molar-refractivity contribution in [3.63, 3.8) is 0 Å². The smallest absolute Gasteiger partial charge is 0.228 e. The molecule has 0 spiro atoms. The summed E-state index contributed by atoms with van der Waals surface area (Å²) < 4.78 is 0. The van der Waals surface area contributed by atoms with Crippen LogP contribution >= 0.6 is 12.4 Å². The molecule has 1 unspecified atom stereocenters. The topological polar surface area (TPSA) is 32.3 Å². The highest BCUT2D eigenvalue weighted by molar-refractivity contribution is 5.85. The van der Waals surface area contributed by atoms with E-state index >= 15 is 0 Å². The normalized spacial score (nSPS) is 28.6. The van der Waals surface area contributed by atoms with Gasteiger partial charge in [-0.15, -0.1) is 12.4 Å². The summed E-state index contributed by atoms with van der Waals surface area (Å²) in [7, 11) is 0. The molecule has 1 saturated heterocycles. The second-order valence-corrected chi connectivity index (χ2v) is 5.37. The molecule has 4 heteroatoms. The molecule has 2 rings (SSSR count). The highest BCUT2D eigenvalue weighted by Gasteiger charge is 2.39. The standard InChI is InChI=1S/C12H22N2O.ClH/c1-10-9-14(8-7-13-10)11(15)12(2)5-3-4-6-12;/h10,13H,3-9H2,1-2H3;1H. The van der Waals surface area contributed by atoms with Gasteiger partial charge in [0.2, 0.25) is 5.91 Å². The quantitative estimate of drug-likeness (QED) is 0.766. The van der Waals surface area contributed by atoms with Crippen LogP contribution in [0.5, 0.6) is 0 Å². The van der Waals surface area contributed by atoms with Crippen LogP contribution in [0.1, 0.15) is 39.5 Å². The zero-order chi connectivity index (χ0) is 10.9. The van der Waals surface area contributed by atoms with Gasteiger partial charge in [-0.1, -0.05) is 19.8 Å². The Bertz CT molecular complexity index is 251. The van der Waals surface area contributed by atoms with Gasteiger partial charge in [0, 0.05) is 31.1 Å². The molecule has 0 aromatic carbocycles.